The van der Waals surface area contributed by atoms with Gasteiger partial charge in [-0.05, 0) is 47.5 Å². The second kappa shape index (κ2) is 8.41. The number of hydrogen-bond acceptors (Lipinski definition) is 2. The largest absolute Gasteiger partial charge is 0.309 e. The van der Waals surface area contributed by atoms with E-state index in [1.54, 1.807) is 0 Å². The number of nitrogens with zero attached hydrogens (tertiary/aromatic N) is 2. The van der Waals surface area contributed by atoms with Gasteiger partial charge in [0.25, 0.3) is 0 Å². The monoisotopic (exact) mass is 502 g/mol. The zero-order valence-corrected chi connectivity index (χ0v) is 21.3. The molecule has 8 aromatic rings. The van der Waals surface area contributed by atoms with Crippen molar-refractivity contribution >= 4 is 53.4 Å². The lowest BCUT2D eigenvalue weighted by atomic mass is 9.98. The first-order valence-electron chi connectivity index (χ1n) is 12.8. The summed E-state index contributed by atoms with van der Waals surface area (Å²) in [6.07, 6.45) is 1.94. The predicted molar refractivity (Wildman–Crippen MR) is 162 cm³/mol. The smallest absolute Gasteiger partial charge is 0.0894 e. The van der Waals surface area contributed by atoms with Crippen molar-refractivity contribution in [3.8, 4) is 27.9 Å². The normalized spacial score (nSPS) is 11.7. The fourth-order valence-electron chi connectivity index (χ4n) is 5.78. The van der Waals surface area contributed by atoms with Crippen molar-refractivity contribution in [2.75, 3.05) is 0 Å². The molecule has 0 fully saturated rings. The zero-order valence-electron chi connectivity index (χ0n) is 20.5. The third-order valence-corrected chi connectivity index (χ3v) is 8.66. The summed E-state index contributed by atoms with van der Waals surface area (Å²) in [4.78, 5) is 4.75. The molecule has 38 heavy (non-hydrogen) atoms. The van der Waals surface area contributed by atoms with Crippen LogP contribution in [0, 0.1) is 0 Å². The molecule has 2 nitrogen and oxygen atoms in total. The van der Waals surface area contributed by atoms with Crippen molar-refractivity contribution in [2.24, 2.45) is 0 Å². The summed E-state index contributed by atoms with van der Waals surface area (Å²) in [6.45, 7) is 0. The number of fused-ring (bicyclic) bond motifs is 6. The molecule has 0 saturated carbocycles. The molecule has 0 aliphatic carbocycles. The number of thiophene rings is 1. The van der Waals surface area contributed by atoms with E-state index in [-0.39, 0.29) is 0 Å². The Kier molecular flexibility index (Phi) is 4.73. The Bertz CT molecular complexity index is 2090. The summed E-state index contributed by atoms with van der Waals surface area (Å²) in [5, 5.41) is 3.77. The summed E-state index contributed by atoms with van der Waals surface area (Å²) >= 11 is 1.82. The van der Waals surface area contributed by atoms with Crippen LogP contribution in [0.5, 0.6) is 0 Å². The molecule has 0 amide bonds. The van der Waals surface area contributed by atoms with Gasteiger partial charge in [-0.1, -0.05) is 91.0 Å². The third-order valence-electron chi connectivity index (χ3n) is 7.47. The highest BCUT2D eigenvalue weighted by atomic mass is 32.1. The van der Waals surface area contributed by atoms with Crippen LogP contribution < -0.4 is 0 Å². The summed E-state index contributed by atoms with van der Waals surface area (Å²) in [6, 6.07) is 45.7. The molecular weight excluding hydrogens is 480 g/mol. The van der Waals surface area contributed by atoms with E-state index in [9.17, 15) is 0 Å². The van der Waals surface area contributed by atoms with Gasteiger partial charge in [-0.15, -0.1) is 11.3 Å². The van der Waals surface area contributed by atoms with Gasteiger partial charge < -0.3 is 4.57 Å². The summed E-state index contributed by atoms with van der Waals surface area (Å²) in [5.41, 5.74) is 9.55. The molecule has 5 aromatic carbocycles. The van der Waals surface area contributed by atoms with Gasteiger partial charge in [-0.2, -0.15) is 0 Å². The Balaban J connectivity index is 1.35. The SMILES string of the molecule is c1cc(-c2ccccc2-n2c3ccccc3c3ccccc32)cc(-c2ccnc3c2sc2ccccc23)c1. The van der Waals surface area contributed by atoms with Crippen molar-refractivity contribution in [1.29, 1.82) is 0 Å². The summed E-state index contributed by atoms with van der Waals surface area (Å²) in [5.74, 6) is 0. The lowest BCUT2D eigenvalue weighted by Crippen LogP contribution is -1.97. The molecule has 178 valence electrons. The van der Waals surface area contributed by atoms with Crippen LogP contribution in [0.1, 0.15) is 0 Å². The second-order valence-corrected chi connectivity index (χ2v) is 10.7. The second-order valence-electron chi connectivity index (χ2n) is 9.60. The van der Waals surface area contributed by atoms with Gasteiger partial charge in [-0.25, -0.2) is 0 Å². The van der Waals surface area contributed by atoms with Crippen molar-refractivity contribution < 1.29 is 0 Å². The summed E-state index contributed by atoms with van der Waals surface area (Å²) in [7, 11) is 0. The number of para-hydroxylation sites is 3. The van der Waals surface area contributed by atoms with E-state index in [4.69, 9.17) is 4.98 Å². The maximum Gasteiger partial charge on any atom is 0.0894 e. The van der Waals surface area contributed by atoms with Gasteiger partial charge in [-0.3, -0.25) is 4.98 Å². The molecule has 0 N–H and O–H groups in total. The maximum absolute atomic E-state index is 4.75. The summed E-state index contributed by atoms with van der Waals surface area (Å²) < 4.78 is 4.92. The minimum Gasteiger partial charge on any atom is -0.309 e. The highest BCUT2D eigenvalue weighted by Crippen LogP contribution is 2.40. The lowest BCUT2D eigenvalue weighted by Gasteiger charge is -2.15. The average Bonchev–Trinajstić information content (AvgIpc) is 3.53. The van der Waals surface area contributed by atoms with Gasteiger partial charge in [0.05, 0.1) is 26.9 Å². The molecule has 0 unspecified atom stereocenters. The maximum atomic E-state index is 4.75. The Labute approximate surface area is 224 Å². The van der Waals surface area contributed by atoms with E-state index < -0.39 is 0 Å². The third kappa shape index (κ3) is 3.16. The Morgan fingerprint density at radius 3 is 1.95 bits per heavy atom. The Morgan fingerprint density at radius 2 is 1.16 bits per heavy atom. The molecule has 8 rings (SSSR count). The van der Waals surface area contributed by atoms with Crippen LogP contribution in [0.15, 0.2) is 134 Å². The average molecular weight is 503 g/mol. The van der Waals surface area contributed by atoms with Crippen LogP contribution in [0.2, 0.25) is 0 Å². The molecule has 3 heteroatoms. The Morgan fingerprint density at radius 1 is 0.526 bits per heavy atom. The van der Waals surface area contributed by atoms with E-state index in [0.29, 0.717) is 0 Å². The molecule has 3 aromatic heterocycles. The van der Waals surface area contributed by atoms with Crippen LogP contribution in [0.3, 0.4) is 0 Å². The molecule has 0 aliphatic rings. The van der Waals surface area contributed by atoms with E-state index >= 15 is 0 Å². The topological polar surface area (TPSA) is 17.8 Å². The van der Waals surface area contributed by atoms with Gasteiger partial charge >= 0.3 is 0 Å². The number of hydrogen-bond donors (Lipinski definition) is 0. The van der Waals surface area contributed by atoms with Crippen LogP contribution in [0.4, 0.5) is 0 Å². The number of benzene rings is 5. The van der Waals surface area contributed by atoms with Crippen LogP contribution in [-0.2, 0) is 0 Å². The van der Waals surface area contributed by atoms with E-state index in [0.717, 1.165) is 5.52 Å². The standard InChI is InChI=1S/C35H22N2S/c1-5-16-30(37-31-17-6-2-13-27(31)28-14-3-7-18-32(28)37)25(12-1)23-10-9-11-24(22-23)26-20-21-36-34-29-15-4-8-19-33(29)38-35(26)34/h1-22H. The fourth-order valence-corrected chi connectivity index (χ4v) is 6.98. The van der Waals surface area contributed by atoms with Gasteiger partial charge in [0.1, 0.15) is 0 Å². The van der Waals surface area contributed by atoms with Gasteiger partial charge in [0.15, 0.2) is 0 Å². The molecule has 0 aliphatic heterocycles. The molecule has 3 heterocycles. The minimum atomic E-state index is 1.08. The fraction of sp³-hybridized carbons (Fsp3) is 0. The van der Waals surface area contributed by atoms with Gasteiger partial charge in [0.2, 0.25) is 0 Å². The van der Waals surface area contributed by atoms with E-state index in [2.05, 4.69) is 132 Å². The van der Waals surface area contributed by atoms with Crippen molar-refractivity contribution in [2.45, 2.75) is 0 Å². The van der Waals surface area contributed by atoms with Crippen LogP contribution >= 0.6 is 11.3 Å². The van der Waals surface area contributed by atoms with Crippen molar-refractivity contribution in [1.82, 2.24) is 9.55 Å². The zero-order chi connectivity index (χ0) is 25.1. The molecule has 0 spiro atoms. The quantitative estimate of drug-likeness (QED) is 0.235. The molecule has 0 radical (unpaired) electrons. The first-order chi connectivity index (χ1) is 18.9. The number of rotatable bonds is 3. The predicted octanol–water partition coefficient (Wildman–Crippen LogP) is 9.88. The highest BCUT2D eigenvalue weighted by molar-refractivity contribution is 7.26. The van der Waals surface area contributed by atoms with Crippen LogP contribution in [-0.4, -0.2) is 9.55 Å². The number of aromatic nitrogens is 2. The molecule has 0 atom stereocenters. The van der Waals surface area contributed by atoms with Crippen molar-refractivity contribution in [3.63, 3.8) is 0 Å². The highest BCUT2D eigenvalue weighted by Gasteiger charge is 2.16. The van der Waals surface area contributed by atoms with E-state index in [1.807, 2.05) is 17.5 Å². The van der Waals surface area contributed by atoms with Gasteiger partial charge in [0, 0.05) is 38.2 Å². The minimum absolute atomic E-state index is 1.08. The number of pyridine rings is 1. The van der Waals surface area contributed by atoms with Crippen LogP contribution in [0.25, 0.3) is 70.0 Å². The first kappa shape index (κ1) is 21.4. The van der Waals surface area contributed by atoms with Crippen molar-refractivity contribution in [3.05, 3.63) is 134 Å². The van der Waals surface area contributed by atoms with E-state index in [1.165, 1.54) is 64.5 Å². The molecule has 0 saturated heterocycles. The first-order valence-corrected chi connectivity index (χ1v) is 13.6. The lowest BCUT2D eigenvalue weighted by molar-refractivity contribution is 1.18. The molecular formula is C35H22N2S. The Hall–Kier alpha value is -4.73. The molecule has 0 bridgehead atoms.